The number of hydrogen-bond acceptors (Lipinski definition) is 1. The molecule has 0 amide bonds. The highest BCUT2D eigenvalue weighted by Gasteiger charge is 2.46. The van der Waals surface area contributed by atoms with Crippen LogP contribution in [-0.4, -0.2) is 0 Å². The number of fused-ring (bicyclic) bond motifs is 5. The molecule has 5 aromatic carbocycles. The van der Waals surface area contributed by atoms with Crippen molar-refractivity contribution in [2.45, 2.75) is 94.8 Å². The van der Waals surface area contributed by atoms with E-state index in [0.29, 0.717) is 11.3 Å². The van der Waals surface area contributed by atoms with Gasteiger partial charge in [-0.25, -0.2) is 0 Å². The normalized spacial score (nSPS) is 22.6. The molecule has 0 radical (unpaired) electrons. The zero-order valence-corrected chi connectivity index (χ0v) is 28.1. The molecule has 0 N–H and O–H groups in total. The lowest BCUT2D eigenvalue weighted by molar-refractivity contribution is 0.419. The molecule has 1 nitrogen and oxygen atoms in total. The predicted molar refractivity (Wildman–Crippen MR) is 198 cm³/mol. The van der Waals surface area contributed by atoms with Crippen molar-refractivity contribution in [3.05, 3.63) is 138 Å². The number of benzene rings is 5. The second kappa shape index (κ2) is 11.3. The Morgan fingerprint density at radius 2 is 1.26 bits per heavy atom. The summed E-state index contributed by atoms with van der Waals surface area (Å²) in [5.74, 6) is 1.65. The lowest BCUT2D eigenvalue weighted by Crippen LogP contribution is -2.20. The quantitative estimate of drug-likeness (QED) is 0.184. The lowest BCUT2D eigenvalue weighted by Gasteiger charge is -2.33. The van der Waals surface area contributed by atoms with Gasteiger partial charge in [-0.3, -0.25) is 0 Å². The largest absolute Gasteiger partial charge is 0.310 e. The average molecular weight is 614 g/mol. The second-order valence-electron chi connectivity index (χ2n) is 15.7. The van der Waals surface area contributed by atoms with Gasteiger partial charge in [0.1, 0.15) is 0 Å². The van der Waals surface area contributed by atoms with Crippen LogP contribution in [0.1, 0.15) is 106 Å². The van der Waals surface area contributed by atoms with Gasteiger partial charge in [-0.05, 0) is 131 Å². The van der Waals surface area contributed by atoms with Crippen molar-refractivity contribution in [1.82, 2.24) is 0 Å². The number of nitrogens with zero attached hydrogens (tertiary/aromatic N) is 1. The Morgan fingerprint density at radius 3 is 1.94 bits per heavy atom. The highest BCUT2D eigenvalue weighted by molar-refractivity contribution is 5.97. The van der Waals surface area contributed by atoms with Gasteiger partial charge >= 0.3 is 0 Å². The van der Waals surface area contributed by atoms with Crippen LogP contribution >= 0.6 is 0 Å². The molecule has 0 spiro atoms. The van der Waals surface area contributed by atoms with Crippen LogP contribution in [0.15, 0.2) is 115 Å². The highest BCUT2D eigenvalue weighted by atomic mass is 15.1. The predicted octanol–water partition coefficient (Wildman–Crippen LogP) is 13.0. The summed E-state index contributed by atoms with van der Waals surface area (Å²) in [4.78, 5) is 2.56. The Hall–Kier alpha value is -4.10. The molecule has 0 heterocycles. The average Bonchev–Trinajstić information content (AvgIpc) is 3.82. The molecule has 0 aromatic heterocycles. The minimum Gasteiger partial charge on any atom is -0.310 e. The van der Waals surface area contributed by atoms with Crippen LogP contribution in [-0.2, 0) is 10.8 Å². The van der Waals surface area contributed by atoms with E-state index >= 15 is 0 Å². The monoisotopic (exact) mass is 613 g/mol. The number of hydrogen-bond donors (Lipinski definition) is 0. The zero-order valence-electron chi connectivity index (χ0n) is 28.1. The standard InChI is InChI=1S/C46H47N/c1-45(2)41-16-10-9-15-39(41)40-25-26-42(43(44(40)45)35-13-7-4-8-14-35)47(37-21-17-34(18-22-37)33-11-5-3-6-12-33)38-23-19-36(20-24-38)46-29-27-32(31-46)28-30-46/h4,7-10,13-26,32-33H,3,5-6,11-12,27-31H2,1-2H3. The Bertz CT molecular complexity index is 1900. The zero-order chi connectivity index (χ0) is 31.6. The lowest BCUT2D eigenvalue weighted by atomic mass is 9.77. The molecule has 3 fully saturated rings. The fourth-order valence-corrected chi connectivity index (χ4v) is 10.3. The maximum absolute atomic E-state index is 2.56. The van der Waals surface area contributed by atoms with Crippen LogP contribution < -0.4 is 4.90 Å². The van der Waals surface area contributed by atoms with Crippen LogP contribution in [0.25, 0.3) is 22.3 Å². The van der Waals surface area contributed by atoms with Crippen molar-refractivity contribution in [2.75, 3.05) is 4.90 Å². The van der Waals surface area contributed by atoms with E-state index in [9.17, 15) is 0 Å². The molecular formula is C46H47N. The van der Waals surface area contributed by atoms with Gasteiger partial charge in [-0.15, -0.1) is 0 Å². The Labute approximate surface area is 281 Å². The first kappa shape index (κ1) is 29.1. The molecule has 0 unspecified atom stereocenters. The van der Waals surface area contributed by atoms with Gasteiger partial charge in [0.2, 0.25) is 0 Å². The van der Waals surface area contributed by atoms with E-state index < -0.39 is 0 Å². The molecule has 9 rings (SSSR count). The summed E-state index contributed by atoms with van der Waals surface area (Å²) in [6.07, 6.45) is 13.7. The third kappa shape index (κ3) is 4.72. The van der Waals surface area contributed by atoms with Crippen LogP contribution in [0.2, 0.25) is 0 Å². The summed E-state index contributed by atoms with van der Waals surface area (Å²) in [6.45, 7) is 4.84. The smallest absolute Gasteiger partial charge is 0.0543 e. The second-order valence-corrected chi connectivity index (χ2v) is 15.7. The first-order valence-corrected chi connectivity index (χ1v) is 18.4. The fourth-order valence-electron chi connectivity index (χ4n) is 10.3. The SMILES string of the molecule is CC1(C)c2ccccc2-c2ccc(N(c3ccc(C4CCCCC4)cc3)c3ccc(C45CCC(CC4)C5)cc3)c(-c3ccccc3)c21. The van der Waals surface area contributed by atoms with E-state index in [1.807, 2.05) is 0 Å². The Balaban J connectivity index is 1.23. The molecule has 2 bridgehead atoms. The third-order valence-corrected chi connectivity index (χ3v) is 12.7. The molecule has 0 aliphatic heterocycles. The van der Waals surface area contributed by atoms with Crippen molar-refractivity contribution in [3.8, 4) is 22.3 Å². The maximum atomic E-state index is 2.56. The summed E-state index contributed by atoms with van der Waals surface area (Å²) in [6, 6.07) is 44.4. The van der Waals surface area contributed by atoms with Gasteiger partial charge in [-0.2, -0.15) is 0 Å². The van der Waals surface area contributed by atoms with Crippen molar-refractivity contribution < 1.29 is 0 Å². The third-order valence-electron chi connectivity index (χ3n) is 12.7. The maximum Gasteiger partial charge on any atom is 0.0543 e. The summed E-state index contributed by atoms with van der Waals surface area (Å²) in [5.41, 5.74) is 15.3. The Morgan fingerprint density at radius 1 is 0.596 bits per heavy atom. The van der Waals surface area contributed by atoms with E-state index in [1.54, 1.807) is 5.56 Å². The van der Waals surface area contributed by atoms with Crippen LogP contribution in [0, 0.1) is 5.92 Å². The molecule has 5 aromatic rings. The first-order valence-electron chi connectivity index (χ1n) is 18.4. The van der Waals surface area contributed by atoms with Gasteiger partial charge in [0.25, 0.3) is 0 Å². The minimum atomic E-state index is -0.117. The molecule has 4 aliphatic rings. The summed E-state index contributed by atoms with van der Waals surface area (Å²) in [7, 11) is 0. The van der Waals surface area contributed by atoms with Gasteiger partial charge in [0.05, 0.1) is 5.69 Å². The molecule has 47 heavy (non-hydrogen) atoms. The highest BCUT2D eigenvalue weighted by Crippen LogP contribution is 2.57. The minimum absolute atomic E-state index is 0.117. The van der Waals surface area contributed by atoms with Gasteiger partial charge < -0.3 is 4.90 Å². The van der Waals surface area contributed by atoms with Gasteiger partial charge in [0, 0.05) is 22.4 Å². The van der Waals surface area contributed by atoms with Crippen LogP contribution in [0.5, 0.6) is 0 Å². The summed E-state index contributed by atoms with van der Waals surface area (Å²) >= 11 is 0. The van der Waals surface area contributed by atoms with E-state index in [-0.39, 0.29) is 5.41 Å². The van der Waals surface area contributed by atoms with Gasteiger partial charge in [-0.1, -0.05) is 118 Å². The molecular weight excluding hydrogens is 567 g/mol. The number of rotatable bonds is 6. The molecule has 1 heteroatoms. The molecule has 0 saturated heterocycles. The topological polar surface area (TPSA) is 3.24 Å². The first-order chi connectivity index (χ1) is 23.0. The molecule has 3 saturated carbocycles. The van der Waals surface area contributed by atoms with Gasteiger partial charge in [0.15, 0.2) is 0 Å². The van der Waals surface area contributed by atoms with E-state index in [4.69, 9.17) is 0 Å². The molecule has 4 aliphatic carbocycles. The summed E-state index contributed by atoms with van der Waals surface area (Å²) in [5, 5.41) is 0. The number of anilines is 3. The fraction of sp³-hybridized carbons (Fsp3) is 0.348. The van der Waals surface area contributed by atoms with Crippen molar-refractivity contribution in [1.29, 1.82) is 0 Å². The van der Waals surface area contributed by atoms with E-state index in [2.05, 4.69) is 134 Å². The van der Waals surface area contributed by atoms with Crippen LogP contribution in [0.4, 0.5) is 17.1 Å². The summed E-state index contributed by atoms with van der Waals surface area (Å²) < 4.78 is 0. The van der Waals surface area contributed by atoms with E-state index in [1.165, 1.54) is 120 Å². The molecule has 236 valence electrons. The van der Waals surface area contributed by atoms with Crippen LogP contribution in [0.3, 0.4) is 0 Å². The Kier molecular flexibility index (Phi) is 6.96. The van der Waals surface area contributed by atoms with Crippen molar-refractivity contribution in [2.24, 2.45) is 5.92 Å². The van der Waals surface area contributed by atoms with E-state index in [0.717, 1.165) is 5.92 Å². The van der Waals surface area contributed by atoms with Crippen molar-refractivity contribution >= 4 is 17.1 Å². The molecule has 0 atom stereocenters. The van der Waals surface area contributed by atoms with Crippen molar-refractivity contribution in [3.63, 3.8) is 0 Å².